The van der Waals surface area contributed by atoms with Gasteiger partial charge in [-0.2, -0.15) is 0 Å². The van der Waals surface area contributed by atoms with Crippen LogP contribution < -0.4 is 20.1 Å². The molecule has 2 N–H and O–H groups in total. The Balaban J connectivity index is 1.72. The molecule has 0 spiro atoms. The zero-order chi connectivity index (χ0) is 20.1. The van der Waals surface area contributed by atoms with Crippen molar-refractivity contribution in [2.24, 2.45) is 0 Å². The summed E-state index contributed by atoms with van der Waals surface area (Å²) in [5, 5.41) is 5.42. The number of methoxy groups -OCH3 is 2. The van der Waals surface area contributed by atoms with Crippen LogP contribution in [0.3, 0.4) is 0 Å². The standard InChI is InChI=1S/C19H16F2N4O3/c1-27-13-4-6-17(28-2)16(8-13)25-18(26)11-9-22-19(23-10-11)24-12-3-5-14(20)15(21)7-12/h3-10H,1-2H3,(H,25,26)(H,22,23,24). The van der Waals surface area contributed by atoms with Gasteiger partial charge in [0.05, 0.1) is 25.5 Å². The van der Waals surface area contributed by atoms with Gasteiger partial charge in [-0.1, -0.05) is 0 Å². The van der Waals surface area contributed by atoms with E-state index in [9.17, 15) is 13.6 Å². The second-order valence-electron chi connectivity index (χ2n) is 5.57. The Morgan fingerprint density at radius 3 is 2.36 bits per heavy atom. The molecule has 7 nitrogen and oxygen atoms in total. The monoisotopic (exact) mass is 386 g/mol. The van der Waals surface area contributed by atoms with Gasteiger partial charge < -0.3 is 20.1 Å². The first-order valence-electron chi connectivity index (χ1n) is 8.07. The molecule has 28 heavy (non-hydrogen) atoms. The third-order valence-corrected chi connectivity index (χ3v) is 3.74. The Hall–Kier alpha value is -3.75. The van der Waals surface area contributed by atoms with Crippen LogP contribution in [0.25, 0.3) is 0 Å². The molecule has 2 aromatic carbocycles. The molecular formula is C19H16F2N4O3. The number of benzene rings is 2. The van der Waals surface area contributed by atoms with Crippen LogP contribution in [0.4, 0.5) is 26.1 Å². The summed E-state index contributed by atoms with van der Waals surface area (Å²) in [5.41, 5.74) is 0.897. The Bertz CT molecular complexity index is 997. The number of hydrogen-bond donors (Lipinski definition) is 2. The molecule has 1 aromatic heterocycles. The molecule has 0 fully saturated rings. The fourth-order valence-corrected chi connectivity index (χ4v) is 2.32. The highest BCUT2D eigenvalue weighted by atomic mass is 19.2. The first kappa shape index (κ1) is 19.0. The predicted octanol–water partition coefficient (Wildman–Crippen LogP) is 3.77. The van der Waals surface area contributed by atoms with Crippen molar-refractivity contribution in [1.29, 1.82) is 0 Å². The van der Waals surface area contributed by atoms with Crippen LogP contribution in [0, 0.1) is 11.6 Å². The van der Waals surface area contributed by atoms with E-state index in [1.807, 2.05) is 0 Å². The number of carbonyl (C=O) groups is 1. The topological polar surface area (TPSA) is 85.4 Å². The molecule has 1 heterocycles. The van der Waals surface area contributed by atoms with Gasteiger partial charge >= 0.3 is 0 Å². The number of hydrogen-bond acceptors (Lipinski definition) is 6. The van der Waals surface area contributed by atoms with Gasteiger partial charge in [0.1, 0.15) is 11.5 Å². The van der Waals surface area contributed by atoms with E-state index in [1.165, 1.54) is 32.7 Å². The first-order chi connectivity index (χ1) is 13.5. The molecule has 0 saturated heterocycles. The molecule has 0 aliphatic carbocycles. The van der Waals surface area contributed by atoms with Gasteiger partial charge in [-0.05, 0) is 24.3 Å². The molecule has 1 amide bonds. The van der Waals surface area contributed by atoms with Crippen molar-refractivity contribution in [1.82, 2.24) is 9.97 Å². The van der Waals surface area contributed by atoms with Gasteiger partial charge in [0.25, 0.3) is 5.91 Å². The lowest BCUT2D eigenvalue weighted by Crippen LogP contribution is -2.14. The third kappa shape index (κ3) is 4.32. The summed E-state index contributed by atoms with van der Waals surface area (Å²) >= 11 is 0. The summed E-state index contributed by atoms with van der Waals surface area (Å²) in [6.07, 6.45) is 2.61. The second kappa shape index (κ2) is 8.30. The van der Waals surface area contributed by atoms with Crippen molar-refractivity contribution in [2.75, 3.05) is 24.9 Å². The molecule has 0 unspecified atom stereocenters. The zero-order valence-electron chi connectivity index (χ0n) is 15.0. The Morgan fingerprint density at radius 1 is 0.964 bits per heavy atom. The molecular weight excluding hydrogens is 370 g/mol. The number of amides is 1. The molecule has 3 aromatic rings. The molecule has 144 valence electrons. The van der Waals surface area contributed by atoms with E-state index in [0.717, 1.165) is 12.1 Å². The SMILES string of the molecule is COc1ccc(OC)c(NC(=O)c2cnc(Nc3ccc(F)c(F)c3)nc2)c1. The number of ether oxygens (including phenoxy) is 2. The van der Waals surface area contributed by atoms with E-state index in [0.29, 0.717) is 17.2 Å². The highest BCUT2D eigenvalue weighted by molar-refractivity contribution is 6.04. The van der Waals surface area contributed by atoms with E-state index < -0.39 is 17.5 Å². The number of anilines is 3. The third-order valence-electron chi connectivity index (χ3n) is 3.74. The largest absolute Gasteiger partial charge is 0.497 e. The number of halogens is 2. The van der Waals surface area contributed by atoms with E-state index in [4.69, 9.17) is 9.47 Å². The van der Waals surface area contributed by atoms with Crippen molar-refractivity contribution >= 4 is 23.2 Å². The lowest BCUT2D eigenvalue weighted by atomic mass is 10.2. The van der Waals surface area contributed by atoms with Crippen LogP contribution in [-0.2, 0) is 0 Å². The minimum absolute atomic E-state index is 0.126. The normalized spacial score (nSPS) is 10.3. The summed E-state index contributed by atoms with van der Waals surface area (Å²) in [6.45, 7) is 0. The molecule has 0 bridgehead atoms. The van der Waals surface area contributed by atoms with E-state index in [-0.39, 0.29) is 17.2 Å². The Kier molecular flexibility index (Phi) is 5.64. The van der Waals surface area contributed by atoms with E-state index >= 15 is 0 Å². The highest BCUT2D eigenvalue weighted by Gasteiger charge is 2.12. The van der Waals surface area contributed by atoms with Gasteiger partial charge in [-0.25, -0.2) is 18.7 Å². The Morgan fingerprint density at radius 2 is 1.71 bits per heavy atom. The van der Waals surface area contributed by atoms with Gasteiger partial charge in [0, 0.05) is 30.2 Å². The number of rotatable bonds is 6. The van der Waals surface area contributed by atoms with Crippen molar-refractivity contribution in [3.8, 4) is 11.5 Å². The van der Waals surface area contributed by atoms with Crippen molar-refractivity contribution in [3.63, 3.8) is 0 Å². The number of carbonyl (C=O) groups excluding carboxylic acids is 1. The first-order valence-corrected chi connectivity index (χ1v) is 8.07. The van der Waals surface area contributed by atoms with Crippen molar-refractivity contribution < 1.29 is 23.0 Å². The number of aromatic nitrogens is 2. The molecule has 0 aliphatic rings. The fraction of sp³-hybridized carbons (Fsp3) is 0.105. The molecule has 9 heteroatoms. The molecule has 3 rings (SSSR count). The molecule has 0 radical (unpaired) electrons. The summed E-state index contributed by atoms with van der Waals surface area (Å²) in [6, 6.07) is 8.31. The Labute approximate surface area is 159 Å². The summed E-state index contributed by atoms with van der Waals surface area (Å²) in [7, 11) is 3.00. The lowest BCUT2D eigenvalue weighted by molar-refractivity contribution is 0.102. The average molecular weight is 386 g/mol. The minimum atomic E-state index is -0.992. The van der Waals surface area contributed by atoms with Crippen LogP contribution in [0.2, 0.25) is 0 Å². The van der Waals surface area contributed by atoms with Crippen molar-refractivity contribution in [2.45, 2.75) is 0 Å². The van der Waals surface area contributed by atoms with E-state index in [1.54, 1.807) is 18.2 Å². The van der Waals surface area contributed by atoms with Gasteiger partial charge in [0.15, 0.2) is 11.6 Å². The van der Waals surface area contributed by atoms with Gasteiger partial charge in [-0.3, -0.25) is 4.79 Å². The van der Waals surface area contributed by atoms with Crippen LogP contribution in [0.1, 0.15) is 10.4 Å². The maximum atomic E-state index is 13.2. The molecule has 0 saturated carbocycles. The van der Waals surface area contributed by atoms with Crippen LogP contribution in [0.5, 0.6) is 11.5 Å². The quantitative estimate of drug-likeness (QED) is 0.671. The van der Waals surface area contributed by atoms with Crippen molar-refractivity contribution in [3.05, 3.63) is 66.0 Å². The van der Waals surface area contributed by atoms with Gasteiger partial charge in [-0.15, -0.1) is 0 Å². The number of nitrogens with zero attached hydrogens (tertiary/aromatic N) is 2. The minimum Gasteiger partial charge on any atom is -0.497 e. The summed E-state index contributed by atoms with van der Waals surface area (Å²) in [4.78, 5) is 20.5. The van der Waals surface area contributed by atoms with E-state index in [2.05, 4.69) is 20.6 Å². The second-order valence-corrected chi connectivity index (χ2v) is 5.57. The highest BCUT2D eigenvalue weighted by Crippen LogP contribution is 2.29. The maximum absolute atomic E-state index is 13.2. The van der Waals surface area contributed by atoms with Gasteiger partial charge in [0.2, 0.25) is 5.95 Å². The van der Waals surface area contributed by atoms with Crippen LogP contribution in [0.15, 0.2) is 48.8 Å². The predicted molar refractivity (Wildman–Crippen MR) is 99.2 cm³/mol. The summed E-state index contributed by atoms with van der Waals surface area (Å²) < 4.78 is 36.6. The molecule has 0 atom stereocenters. The average Bonchev–Trinajstić information content (AvgIpc) is 2.71. The van der Waals surface area contributed by atoms with Crippen LogP contribution in [-0.4, -0.2) is 30.1 Å². The fourth-order valence-electron chi connectivity index (χ4n) is 2.32. The zero-order valence-corrected chi connectivity index (χ0v) is 15.0. The molecule has 0 aliphatic heterocycles. The number of nitrogens with one attached hydrogen (secondary N) is 2. The lowest BCUT2D eigenvalue weighted by Gasteiger charge is -2.12. The summed E-state index contributed by atoms with van der Waals surface area (Å²) in [5.74, 6) is -1.25. The smallest absolute Gasteiger partial charge is 0.258 e. The maximum Gasteiger partial charge on any atom is 0.258 e. The van der Waals surface area contributed by atoms with Crippen LogP contribution >= 0.6 is 0 Å².